The summed E-state index contributed by atoms with van der Waals surface area (Å²) in [7, 11) is 0. The van der Waals surface area contributed by atoms with Gasteiger partial charge in [0.2, 0.25) is 11.8 Å². The van der Waals surface area contributed by atoms with Crippen molar-refractivity contribution < 1.29 is 9.95 Å². The first-order chi connectivity index (χ1) is 9.86. The van der Waals surface area contributed by atoms with Crippen LogP contribution in [0, 0.1) is 0 Å². The van der Waals surface area contributed by atoms with Crippen molar-refractivity contribution in [2.45, 2.75) is 36.1 Å². The highest BCUT2D eigenvalue weighted by Crippen LogP contribution is 2.30. The monoisotopic (exact) mass is 320 g/mol. The minimum atomic E-state index is -0.335. The number of hydrogen-bond donors (Lipinski definition) is 1. The molecule has 0 aromatic heterocycles. The Labute approximate surface area is 135 Å². The summed E-state index contributed by atoms with van der Waals surface area (Å²) in [6.07, 6.45) is 1.76. The predicted molar refractivity (Wildman–Crippen MR) is 89.0 cm³/mol. The maximum absolute atomic E-state index is 10.1. The third-order valence-corrected chi connectivity index (χ3v) is 4.26. The summed E-state index contributed by atoms with van der Waals surface area (Å²) in [6.45, 7) is 5.87. The summed E-state index contributed by atoms with van der Waals surface area (Å²) in [5.41, 5.74) is 0.646. The first kappa shape index (κ1) is 15.9. The summed E-state index contributed by atoms with van der Waals surface area (Å²) in [4.78, 5) is 2.20. The lowest BCUT2D eigenvalue weighted by Crippen LogP contribution is -2.31. The predicted octanol–water partition coefficient (Wildman–Crippen LogP) is 5.11. The molecule has 2 aromatic rings. The second-order valence-electron chi connectivity index (χ2n) is 5.74. The van der Waals surface area contributed by atoms with Crippen LogP contribution in [0.15, 0.2) is 58.3 Å². The molecule has 110 valence electrons. The molecule has 2 rings (SSSR count). The summed E-state index contributed by atoms with van der Waals surface area (Å²) in [6, 6.07) is 15.7. The van der Waals surface area contributed by atoms with Crippen LogP contribution in [-0.2, 0) is 0 Å². The summed E-state index contributed by atoms with van der Waals surface area (Å²) >= 11 is 7.56. The molecule has 0 bridgehead atoms. The van der Waals surface area contributed by atoms with E-state index in [4.69, 9.17) is 11.6 Å². The second kappa shape index (κ2) is 6.54. The van der Waals surface area contributed by atoms with Crippen LogP contribution in [0.3, 0.4) is 0 Å². The van der Waals surface area contributed by atoms with E-state index in [0.717, 1.165) is 20.4 Å². The largest absolute Gasteiger partial charge is 0.290 e. The van der Waals surface area contributed by atoms with E-state index in [1.54, 1.807) is 18.0 Å². The van der Waals surface area contributed by atoms with Gasteiger partial charge in [0.1, 0.15) is 0 Å². The molecule has 0 heterocycles. The van der Waals surface area contributed by atoms with Gasteiger partial charge in [-0.2, -0.15) is 0 Å². The van der Waals surface area contributed by atoms with Crippen LogP contribution in [0.4, 0.5) is 0 Å². The fourth-order valence-electron chi connectivity index (χ4n) is 1.64. The third-order valence-electron chi connectivity index (χ3n) is 2.91. The Morgan fingerprint density at radius 3 is 2.29 bits per heavy atom. The molecule has 2 nitrogen and oxygen atoms in total. The lowest BCUT2D eigenvalue weighted by atomic mass is 10.1. The fourth-order valence-corrected chi connectivity index (χ4v) is 2.67. The smallest absolute Gasteiger partial charge is 0.224 e. The molecule has 0 aliphatic rings. The van der Waals surface area contributed by atoms with E-state index in [1.165, 1.54) is 4.74 Å². The minimum absolute atomic E-state index is 0.335. The van der Waals surface area contributed by atoms with Crippen molar-refractivity contribution in [2.75, 3.05) is 0 Å². The van der Waals surface area contributed by atoms with Gasteiger partial charge in [0.25, 0.3) is 0 Å². The van der Waals surface area contributed by atoms with E-state index in [-0.39, 0.29) is 5.54 Å². The molecule has 0 aliphatic carbocycles. The summed E-state index contributed by atoms with van der Waals surface area (Å²) in [5.74, 6) is 0. The van der Waals surface area contributed by atoms with E-state index < -0.39 is 0 Å². The van der Waals surface area contributed by atoms with E-state index >= 15 is 0 Å². The average molecular weight is 321 g/mol. The molecule has 0 saturated carbocycles. The maximum atomic E-state index is 10.1. The number of benzene rings is 2. The Kier molecular flexibility index (Phi) is 4.96. The zero-order valence-electron chi connectivity index (χ0n) is 12.4. The molecular formula is C17H19ClNOS+. The molecule has 0 amide bonds. The summed E-state index contributed by atoms with van der Waals surface area (Å²) < 4.78 is 1.24. The van der Waals surface area contributed by atoms with Crippen LogP contribution in [-0.4, -0.2) is 21.7 Å². The van der Waals surface area contributed by atoms with Gasteiger partial charge in [-0.05, 0) is 41.1 Å². The zero-order chi connectivity index (χ0) is 15.5. The zero-order valence-corrected chi connectivity index (χ0v) is 13.9. The molecule has 2 aromatic carbocycles. The number of rotatable bonds is 3. The van der Waals surface area contributed by atoms with E-state index in [0.29, 0.717) is 0 Å². The van der Waals surface area contributed by atoms with Crippen molar-refractivity contribution >= 4 is 29.6 Å². The summed E-state index contributed by atoms with van der Waals surface area (Å²) in [5, 5.41) is 10.8. The highest BCUT2D eigenvalue weighted by Gasteiger charge is 2.24. The van der Waals surface area contributed by atoms with Gasteiger partial charge < -0.3 is 0 Å². The average Bonchev–Trinajstić information content (AvgIpc) is 2.42. The van der Waals surface area contributed by atoms with Crippen LogP contribution in [0.5, 0.6) is 0 Å². The minimum Gasteiger partial charge on any atom is -0.290 e. The maximum Gasteiger partial charge on any atom is 0.224 e. The van der Waals surface area contributed by atoms with Crippen molar-refractivity contribution in [2.24, 2.45) is 0 Å². The standard InChI is InChI=1S/C17H19ClNOS/c1-17(2,3)19(20)12-13-6-4-5-7-16(13)21-15-10-8-14(18)9-11-15/h4-12,20H,1-3H3/q+1/b19-12-. The van der Waals surface area contributed by atoms with Crippen molar-refractivity contribution in [1.29, 1.82) is 0 Å². The van der Waals surface area contributed by atoms with Crippen molar-refractivity contribution in [1.82, 2.24) is 0 Å². The molecule has 0 unspecified atom stereocenters. The van der Waals surface area contributed by atoms with Gasteiger partial charge in [0, 0.05) is 35.6 Å². The van der Waals surface area contributed by atoms with Crippen LogP contribution < -0.4 is 0 Å². The van der Waals surface area contributed by atoms with Gasteiger partial charge in [0.05, 0.1) is 5.56 Å². The van der Waals surface area contributed by atoms with Gasteiger partial charge in [-0.25, -0.2) is 0 Å². The molecule has 0 saturated heterocycles. The Bertz CT molecular complexity index is 645. The topological polar surface area (TPSA) is 23.2 Å². The van der Waals surface area contributed by atoms with Crippen molar-refractivity contribution in [3.05, 3.63) is 59.1 Å². The third kappa shape index (κ3) is 4.51. The van der Waals surface area contributed by atoms with Crippen LogP contribution >= 0.6 is 23.4 Å². The normalized spacial score (nSPS) is 12.5. The second-order valence-corrected chi connectivity index (χ2v) is 7.29. The molecule has 0 aliphatic heterocycles. The number of hydroxylamine groups is 1. The fraction of sp³-hybridized carbons (Fsp3) is 0.235. The van der Waals surface area contributed by atoms with Gasteiger partial charge in [-0.3, -0.25) is 5.21 Å². The molecule has 0 spiro atoms. The molecule has 1 N–H and O–H groups in total. The number of nitrogens with zero attached hydrogens (tertiary/aromatic N) is 1. The van der Waals surface area contributed by atoms with E-state index in [1.807, 2.05) is 69.3 Å². The van der Waals surface area contributed by atoms with Gasteiger partial charge in [-0.1, -0.05) is 35.5 Å². The SMILES string of the molecule is CC(C)(C)/[N+](O)=C/c1ccccc1Sc1ccc(Cl)cc1. The number of hydrogen-bond acceptors (Lipinski definition) is 2. The lowest BCUT2D eigenvalue weighted by Gasteiger charge is -2.10. The van der Waals surface area contributed by atoms with Crippen LogP contribution in [0.2, 0.25) is 5.02 Å². The van der Waals surface area contributed by atoms with Crippen molar-refractivity contribution in [3.63, 3.8) is 0 Å². The van der Waals surface area contributed by atoms with E-state index in [2.05, 4.69) is 0 Å². The van der Waals surface area contributed by atoms with Gasteiger partial charge in [-0.15, -0.1) is 0 Å². The Hall–Kier alpha value is -1.45. The first-order valence-corrected chi connectivity index (χ1v) is 7.91. The molecular weight excluding hydrogens is 302 g/mol. The van der Waals surface area contributed by atoms with Crippen molar-refractivity contribution in [3.8, 4) is 0 Å². The molecule has 0 fully saturated rings. The Morgan fingerprint density at radius 1 is 1.05 bits per heavy atom. The van der Waals surface area contributed by atoms with Crippen LogP contribution in [0.1, 0.15) is 26.3 Å². The highest BCUT2D eigenvalue weighted by molar-refractivity contribution is 7.99. The highest BCUT2D eigenvalue weighted by atomic mass is 35.5. The van der Waals surface area contributed by atoms with Gasteiger partial charge >= 0.3 is 0 Å². The molecule has 21 heavy (non-hydrogen) atoms. The molecule has 4 heteroatoms. The lowest BCUT2D eigenvalue weighted by molar-refractivity contribution is -0.816. The number of halogens is 1. The Morgan fingerprint density at radius 2 is 1.67 bits per heavy atom. The Balaban J connectivity index is 2.31. The van der Waals surface area contributed by atoms with E-state index in [9.17, 15) is 5.21 Å². The molecule has 0 atom stereocenters. The van der Waals surface area contributed by atoms with Crippen LogP contribution in [0.25, 0.3) is 0 Å². The first-order valence-electron chi connectivity index (χ1n) is 6.72. The quantitative estimate of drug-likeness (QED) is 0.367. The van der Waals surface area contributed by atoms with Gasteiger partial charge in [0.15, 0.2) is 0 Å². The molecule has 0 radical (unpaired) electrons.